The zero-order valence-corrected chi connectivity index (χ0v) is 23.3. The van der Waals surface area contributed by atoms with Crippen LogP contribution < -0.4 is 5.56 Å². The maximum absolute atomic E-state index is 14.4. The Bertz CT molecular complexity index is 1940. The Kier molecular flexibility index (Phi) is 6.59. The summed E-state index contributed by atoms with van der Waals surface area (Å²) in [6, 6.07) is 26.9. The number of nitrogens with one attached hydrogen (secondary N) is 1. The van der Waals surface area contributed by atoms with Gasteiger partial charge in [0.15, 0.2) is 0 Å². The van der Waals surface area contributed by atoms with Crippen LogP contribution >= 0.6 is 0 Å². The number of aromatic hydroxyl groups is 1. The molecule has 7 heteroatoms. The number of H-pyrrole nitrogens is 1. The van der Waals surface area contributed by atoms with Crippen molar-refractivity contribution in [3.05, 3.63) is 130 Å². The average molecular weight is 559 g/mol. The van der Waals surface area contributed by atoms with E-state index in [1.54, 1.807) is 6.20 Å². The van der Waals surface area contributed by atoms with E-state index in [1.807, 2.05) is 48.5 Å². The highest BCUT2D eigenvalue weighted by Crippen LogP contribution is 2.34. The Morgan fingerprint density at radius 2 is 1.69 bits per heavy atom. The fourth-order valence-corrected chi connectivity index (χ4v) is 6.21. The van der Waals surface area contributed by atoms with Crippen molar-refractivity contribution >= 4 is 21.8 Å². The van der Waals surface area contributed by atoms with Crippen molar-refractivity contribution in [2.75, 3.05) is 20.1 Å². The minimum atomic E-state index is -0.864. The van der Waals surface area contributed by atoms with E-state index < -0.39 is 11.9 Å². The lowest BCUT2D eigenvalue weighted by atomic mass is 9.88. The van der Waals surface area contributed by atoms with Crippen molar-refractivity contribution in [1.29, 1.82) is 0 Å². The van der Waals surface area contributed by atoms with Gasteiger partial charge in [-0.05, 0) is 110 Å². The number of benzene rings is 4. The van der Waals surface area contributed by atoms with Crippen LogP contribution in [0.3, 0.4) is 0 Å². The molecule has 1 aliphatic rings. The largest absolute Gasteiger partial charge is 0.508 e. The molecular weight excluding hydrogens is 527 g/mol. The second kappa shape index (κ2) is 10.6. The van der Waals surface area contributed by atoms with Crippen LogP contribution in [0.1, 0.15) is 41.8 Å². The SMILES string of the molecule is CN1CCC(c2ccc(-c3ccc4c(=O)n([C@H](c5nc6ccccc6[nH]5)c5cc(F)ccc5O)ccc4c3)cc2)CC1. The van der Waals surface area contributed by atoms with Gasteiger partial charge in [0.05, 0.1) is 11.0 Å². The molecule has 1 aliphatic heterocycles. The van der Waals surface area contributed by atoms with Crippen LogP contribution in [0.15, 0.2) is 102 Å². The number of nitrogens with zero attached hydrogens (tertiary/aromatic N) is 3. The molecule has 1 fully saturated rings. The Labute approximate surface area is 242 Å². The Morgan fingerprint density at radius 3 is 2.48 bits per heavy atom. The summed E-state index contributed by atoms with van der Waals surface area (Å²) in [5, 5.41) is 12.1. The molecule has 4 aromatic carbocycles. The van der Waals surface area contributed by atoms with Gasteiger partial charge in [0, 0.05) is 17.1 Å². The number of aromatic amines is 1. The number of rotatable bonds is 5. The molecule has 1 saturated heterocycles. The second-order valence-electron chi connectivity index (χ2n) is 11.3. The van der Waals surface area contributed by atoms with E-state index in [1.165, 1.54) is 41.2 Å². The van der Waals surface area contributed by atoms with Crippen molar-refractivity contribution in [2.24, 2.45) is 0 Å². The van der Waals surface area contributed by atoms with Gasteiger partial charge in [-0.3, -0.25) is 4.79 Å². The van der Waals surface area contributed by atoms with Gasteiger partial charge in [-0.2, -0.15) is 0 Å². The number of aromatic nitrogens is 3. The topological polar surface area (TPSA) is 74.2 Å². The predicted molar refractivity (Wildman–Crippen MR) is 165 cm³/mol. The number of piperidine rings is 1. The van der Waals surface area contributed by atoms with Crippen LogP contribution in [0.5, 0.6) is 5.75 Å². The summed E-state index contributed by atoms with van der Waals surface area (Å²) in [4.78, 5) is 24.3. The van der Waals surface area contributed by atoms with E-state index >= 15 is 0 Å². The van der Waals surface area contributed by atoms with E-state index in [4.69, 9.17) is 4.98 Å². The Morgan fingerprint density at radius 1 is 0.929 bits per heavy atom. The molecule has 210 valence electrons. The summed E-state index contributed by atoms with van der Waals surface area (Å²) in [6.45, 7) is 2.26. The molecule has 6 aromatic rings. The number of phenolic OH excluding ortho intramolecular Hbond substituents is 1. The number of para-hydroxylation sites is 2. The maximum Gasteiger partial charge on any atom is 0.259 e. The zero-order valence-electron chi connectivity index (χ0n) is 23.3. The number of phenols is 1. The molecule has 3 heterocycles. The van der Waals surface area contributed by atoms with Crippen LogP contribution in [0.25, 0.3) is 32.9 Å². The first-order valence-electron chi connectivity index (χ1n) is 14.3. The first kappa shape index (κ1) is 26.2. The number of fused-ring (bicyclic) bond motifs is 2. The molecular formula is C35H31FN4O2. The molecule has 0 amide bonds. The van der Waals surface area contributed by atoms with E-state index in [9.17, 15) is 14.3 Å². The second-order valence-corrected chi connectivity index (χ2v) is 11.3. The van der Waals surface area contributed by atoms with Gasteiger partial charge in [0.2, 0.25) is 0 Å². The zero-order chi connectivity index (χ0) is 28.8. The highest BCUT2D eigenvalue weighted by molar-refractivity contribution is 5.86. The van der Waals surface area contributed by atoms with Gasteiger partial charge >= 0.3 is 0 Å². The van der Waals surface area contributed by atoms with Crippen molar-refractivity contribution in [3.8, 4) is 16.9 Å². The normalized spacial score (nSPS) is 15.4. The van der Waals surface area contributed by atoms with Crippen LogP contribution in [0.2, 0.25) is 0 Å². The number of pyridine rings is 1. The van der Waals surface area contributed by atoms with E-state index in [0.29, 0.717) is 22.6 Å². The van der Waals surface area contributed by atoms with Crippen LogP contribution in [0.4, 0.5) is 4.39 Å². The average Bonchev–Trinajstić information content (AvgIpc) is 3.44. The number of halogens is 1. The van der Waals surface area contributed by atoms with Crippen LogP contribution in [-0.4, -0.2) is 44.7 Å². The van der Waals surface area contributed by atoms with E-state index in [0.717, 1.165) is 35.1 Å². The van der Waals surface area contributed by atoms with Crippen molar-refractivity contribution in [3.63, 3.8) is 0 Å². The monoisotopic (exact) mass is 558 g/mol. The molecule has 0 saturated carbocycles. The van der Waals surface area contributed by atoms with Gasteiger partial charge in [-0.25, -0.2) is 9.37 Å². The van der Waals surface area contributed by atoms with Crippen molar-refractivity contribution in [1.82, 2.24) is 19.4 Å². The lowest BCUT2D eigenvalue weighted by Crippen LogP contribution is -2.29. The lowest BCUT2D eigenvalue weighted by Gasteiger charge is -2.29. The van der Waals surface area contributed by atoms with Gasteiger partial charge in [0.25, 0.3) is 5.56 Å². The minimum Gasteiger partial charge on any atom is -0.508 e. The molecule has 0 radical (unpaired) electrons. The predicted octanol–water partition coefficient (Wildman–Crippen LogP) is 6.84. The lowest BCUT2D eigenvalue weighted by molar-refractivity contribution is 0.255. The number of imidazole rings is 1. The Balaban J connectivity index is 1.28. The first-order valence-corrected chi connectivity index (χ1v) is 14.3. The minimum absolute atomic E-state index is 0.118. The van der Waals surface area contributed by atoms with Crippen molar-refractivity contribution in [2.45, 2.75) is 24.8 Å². The van der Waals surface area contributed by atoms with Crippen LogP contribution in [0, 0.1) is 5.82 Å². The summed E-state index contributed by atoms with van der Waals surface area (Å²) in [6.07, 6.45) is 4.06. The summed E-state index contributed by atoms with van der Waals surface area (Å²) in [7, 11) is 2.18. The van der Waals surface area contributed by atoms with Gasteiger partial charge < -0.3 is 19.6 Å². The van der Waals surface area contributed by atoms with E-state index in [-0.39, 0.29) is 16.9 Å². The van der Waals surface area contributed by atoms with Crippen molar-refractivity contribution < 1.29 is 9.50 Å². The molecule has 0 unspecified atom stereocenters. The standard InChI is InChI=1S/C35H31FN4O2/c1-39-17-14-24(15-18-39)22-6-8-23(9-7-22)25-10-12-28-26(20-25)16-19-40(35(28)42)33(29-21-27(36)11-13-32(29)41)34-37-30-4-2-3-5-31(30)38-34/h2-13,16,19-21,24,33,41H,14-15,17-18H2,1H3,(H,37,38)/t33-/m0/s1. The molecule has 6 nitrogen and oxygen atoms in total. The van der Waals surface area contributed by atoms with E-state index in [2.05, 4.69) is 41.2 Å². The summed E-state index contributed by atoms with van der Waals surface area (Å²) >= 11 is 0. The first-order chi connectivity index (χ1) is 20.4. The fraction of sp³-hybridized carbons (Fsp3) is 0.200. The van der Waals surface area contributed by atoms with Gasteiger partial charge in [-0.1, -0.05) is 42.5 Å². The fourth-order valence-electron chi connectivity index (χ4n) is 6.21. The maximum atomic E-state index is 14.4. The third-order valence-electron chi connectivity index (χ3n) is 8.59. The number of hydrogen-bond acceptors (Lipinski definition) is 4. The molecule has 0 aliphatic carbocycles. The number of likely N-dealkylation sites (tertiary alicyclic amines) is 1. The molecule has 2 N–H and O–H groups in total. The molecule has 2 aromatic heterocycles. The molecule has 42 heavy (non-hydrogen) atoms. The molecule has 7 rings (SSSR count). The quantitative estimate of drug-likeness (QED) is 0.243. The van der Waals surface area contributed by atoms with Gasteiger partial charge in [0.1, 0.15) is 23.4 Å². The van der Waals surface area contributed by atoms with Crippen LogP contribution in [-0.2, 0) is 0 Å². The third-order valence-corrected chi connectivity index (χ3v) is 8.59. The molecule has 0 bridgehead atoms. The smallest absolute Gasteiger partial charge is 0.259 e. The third kappa shape index (κ3) is 4.76. The molecule has 1 atom stereocenters. The Hall–Kier alpha value is -4.75. The number of hydrogen-bond donors (Lipinski definition) is 2. The highest BCUT2D eigenvalue weighted by atomic mass is 19.1. The summed E-state index contributed by atoms with van der Waals surface area (Å²) in [5.41, 5.74) is 5.01. The highest BCUT2D eigenvalue weighted by Gasteiger charge is 2.25. The van der Waals surface area contributed by atoms with Gasteiger partial charge in [-0.15, -0.1) is 0 Å². The summed E-state index contributed by atoms with van der Waals surface area (Å²) in [5.74, 6) is 0.402. The summed E-state index contributed by atoms with van der Waals surface area (Å²) < 4.78 is 15.9. The molecule has 0 spiro atoms.